The Bertz CT molecular complexity index is 798. The number of aromatic nitrogens is 1. The molecule has 1 aromatic heterocycles. The number of carbonyl (C=O) groups is 1. The average molecular weight is 363 g/mol. The molecule has 0 radical (unpaired) electrons. The number of aliphatic hydroxyl groups is 1. The number of hydrogen-bond donors (Lipinski definition) is 1. The SMILES string of the molecule is COc1cc(-c2onc(N(C)C)c2C(=O)N2CCC(O)CC2)ccc1F. The van der Waals surface area contributed by atoms with Crippen LogP contribution in [0.3, 0.4) is 0 Å². The van der Waals surface area contributed by atoms with Crippen molar-refractivity contribution in [2.24, 2.45) is 0 Å². The van der Waals surface area contributed by atoms with Crippen molar-refractivity contribution in [1.29, 1.82) is 0 Å². The molecule has 140 valence electrons. The highest BCUT2D eigenvalue weighted by molar-refractivity contribution is 6.04. The molecule has 1 N–H and O–H groups in total. The van der Waals surface area contributed by atoms with Gasteiger partial charge in [-0.25, -0.2) is 4.39 Å². The molecule has 0 saturated carbocycles. The molecule has 8 heteroatoms. The lowest BCUT2D eigenvalue weighted by molar-refractivity contribution is 0.0547. The van der Waals surface area contributed by atoms with Crippen LogP contribution in [0.15, 0.2) is 22.7 Å². The van der Waals surface area contributed by atoms with Crippen molar-refractivity contribution in [1.82, 2.24) is 10.1 Å². The fraction of sp³-hybridized carbons (Fsp3) is 0.444. The third-order valence-corrected chi connectivity index (χ3v) is 4.48. The summed E-state index contributed by atoms with van der Waals surface area (Å²) in [6.07, 6.45) is 0.692. The van der Waals surface area contributed by atoms with Gasteiger partial charge in [-0.1, -0.05) is 5.16 Å². The van der Waals surface area contributed by atoms with Gasteiger partial charge in [0.15, 0.2) is 23.1 Å². The lowest BCUT2D eigenvalue weighted by Gasteiger charge is -2.29. The first-order chi connectivity index (χ1) is 12.4. The number of methoxy groups -OCH3 is 1. The van der Waals surface area contributed by atoms with Gasteiger partial charge in [0, 0.05) is 32.7 Å². The molecule has 7 nitrogen and oxygen atoms in total. The molecular formula is C18H22FN3O4. The molecule has 0 atom stereocenters. The van der Waals surface area contributed by atoms with Crippen molar-refractivity contribution in [3.05, 3.63) is 29.6 Å². The van der Waals surface area contributed by atoms with Crippen LogP contribution < -0.4 is 9.64 Å². The fourth-order valence-electron chi connectivity index (χ4n) is 3.00. The molecule has 0 bridgehead atoms. The van der Waals surface area contributed by atoms with Crippen LogP contribution >= 0.6 is 0 Å². The molecule has 1 aromatic carbocycles. The fourth-order valence-corrected chi connectivity index (χ4v) is 3.00. The van der Waals surface area contributed by atoms with Crippen molar-refractivity contribution < 1.29 is 23.6 Å². The molecule has 2 heterocycles. The smallest absolute Gasteiger partial charge is 0.261 e. The van der Waals surface area contributed by atoms with Gasteiger partial charge in [0.05, 0.1) is 13.2 Å². The van der Waals surface area contributed by atoms with Gasteiger partial charge in [0.25, 0.3) is 5.91 Å². The van der Waals surface area contributed by atoms with Gasteiger partial charge >= 0.3 is 0 Å². The summed E-state index contributed by atoms with van der Waals surface area (Å²) < 4.78 is 24.2. The number of ether oxygens (including phenoxy) is 1. The van der Waals surface area contributed by atoms with Gasteiger partial charge in [0.2, 0.25) is 0 Å². The number of piperidine rings is 1. The van der Waals surface area contributed by atoms with Crippen LogP contribution in [0.1, 0.15) is 23.2 Å². The molecule has 0 aliphatic carbocycles. The molecule has 1 aliphatic rings. The third-order valence-electron chi connectivity index (χ3n) is 4.48. The molecular weight excluding hydrogens is 341 g/mol. The maximum Gasteiger partial charge on any atom is 0.261 e. The van der Waals surface area contributed by atoms with Crippen molar-refractivity contribution >= 4 is 11.7 Å². The largest absolute Gasteiger partial charge is 0.494 e. The van der Waals surface area contributed by atoms with Crippen molar-refractivity contribution in [2.45, 2.75) is 18.9 Å². The van der Waals surface area contributed by atoms with Gasteiger partial charge < -0.3 is 24.2 Å². The van der Waals surface area contributed by atoms with E-state index < -0.39 is 5.82 Å². The maximum atomic E-state index is 13.7. The highest BCUT2D eigenvalue weighted by Crippen LogP contribution is 2.34. The number of anilines is 1. The van der Waals surface area contributed by atoms with E-state index in [0.717, 1.165) is 0 Å². The van der Waals surface area contributed by atoms with Crippen molar-refractivity contribution in [2.75, 3.05) is 39.2 Å². The number of amides is 1. The van der Waals surface area contributed by atoms with Gasteiger partial charge in [-0.05, 0) is 31.0 Å². The second kappa shape index (κ2) is 7.33. The number of rotatable bonds is 4. The molecule has 0 spiro atoms. The van der Waals surface area contributed by atoms with Gasteiger partial charge in [0.1, 0.15) is 5.56 Å². The van der Waals surface area contributed by atoms with E-state index >= 15 is 0 Å². The first-order valence-electron chi connectivity index (χ1n) is 8.40. The summed E-state index contributed by atoms with van der Waals surface area (Å²) in [5, 5.41) is 13.7. The van der Waals surface area contributed by atoms with Gasteiger partial charge in [-0.2, -0.15) is 0 Å². The topological polar surface area (TPSA) is 79.0 Å². The van der Waals surface area contributed by atoms with Gasteiger partial charge in [-0.3, -0.25) is 4.79 Å². The summed E-state index contributed by atoms with van der Waals surface area (Å²) in [5.74, 6) is 0.00830. The Kier molecular flexibility index (Phi) is 5.13. The van der Waals surface area contributed by atoms with E-state index in [2.05, 4.69) is 5.16 Å². The van der Waals surface area contributed by atoms with E-state index in [-0.39, 0.29) is 23.5 Å². The monoisotopic (exact) mass is 363 g/mol. The highest BCUT2D eigenvalue weighted by Gasteiger charge is 2.31. The van der Waals surface area contributed by atoms with Crippen LogP contribution in [-0.4, -0.2) is 61.5 Å². The van der Waals surface area contributed by atoms with Crippen molar-refractivity contribution in [3.63, 3.8) is 0 Å². The molecule has 0 unspecified atom stereocenters. The quantitative estimate of drug-likeness (QED) is 0.897. The number of likely N-dealkylation sites (tertiary alicyclic amines) is 1. The zero-order chi connectivity index (χ0) is 18.8. The molecule has 26 heavy (non-hydrogen) atoms. The molecule has 1 saturated heterocycles. The predicted molar refractivity (Wildman–Crippen MR) is 93.9 cm³/mol. The highest BCUT2D eigenvalue weighted by atomic mass is 19.1. The summed E-state index contributed by atoms with van der Waals surface area (Å²) in [6, 6.07) is 4.26. The Morgan fingerprint density at radius 1 is 1.38 bits per heavy atom. The van der Waals surface area contributed by atoms with Crippen LogP contribution in [0, 0.1) is 5.82 Å². The molecule has 1 aliphatic heterocycles. The number of nitrogens with zero attached hydrogens (tertiary/aromatic N) is 3. The Morgan fingerprint density at radius 2 is 2.08 bits per heavy atom. The summed E-state index contributed by atoms with van der Waals surface area (Å²) in [5.41, 5.74) is 0.823. The molecule has 1 amide bonds. The average Bonchev–Trinajstić information content (AvgIpc) is 3.07. The first-order valence-corrected chi connectivity index (χ1v) is 8.40. The Balaban J connectivity index is 2.03. The normalized spacial score (nSPS) is 15.2. The van der Waals surface area contributed by atoms with Crippen LogP contribution in [0.25, 0.3) is 11.3 Å². The molecule has 2 aromatic rings. The summed E-state index contributed by atoms with van der Waals surface area (Å²) in [6.45, 7) is 0.925. The Morgan fingerprint density at radius 3 is 2.69 bits per heavy atom. The number of hydrogen-bond acceptors (Lipinski definition) is 6. The second-order valence-corrected chi connectivity index (χ2v) is 6.48. The Hall–Kier alpha value is -2.61. The number of aliphatic hydroxyl groups excluding tert-OH is 1. The van der Waals surface area contributed by atoms with E-state index in [9.17, 15) is 14.3 Å². The molecule has 1 fully saturated rings. The lowest BCUT2D eigenvalue weighted by atomic mass is 10.0. The standard InChI is InChI=1S/C18H22FN3O4/c1-21(2)17-15(18(24)22-8-6-12(23)7-9-22)16(26-20-17)11-4-5-13(19)14(10-11)25-3/h4-5,10,12,23H,6-9H2,1-3H3. The van der Waals surface area contributed by atoms with Crippen LogP contribution in [0.4, 0.5) is 10.2 Å². The predicted octanol–water partition coefficient (Wildman–Crippen LogP) is 2.15. The van der Waals surface area contributed by atoms with Crippen molar-refractivity contribution in [3.8, 4) is 17.1 Å². The van der Waals surface area contributed by atoms with E-state index in [0.29, 0.717) is 42.9 Å². The first kappa shape index (κ1) is 18.2. The summed E-state index contributed by atoms with van der Waals surface area (Å²) >= 11 is 0. The van der Waals surface area contributed by atoms with E-state index in [1.807, 2.05) is 0 Å². The zero-order valence-electron chi connectivity index (χ0n) is 15.0. The van der Waals surface area contributed by atoms with Crippen LogP contribution in [0.2, 0.25) is 0 Å². The maximum absolute atomic E-state index is 13.7. The number of benzene rings is 1. The lowest BCUT2D eigenvalue weighted by Crippen LogP contribution is -2.40. The minimum absolute atomic E-state index is 0.0600. The van der Waals surface area contributed by atoms with E-state index in [4.69, 9.17) is 9.26 Å². The summed E-state index contributed by atoms with van der Waals surface area (Å²) in [4.78, 5) is 16.5. The van der Waals surface area contributed by atoms with E-state index in [1.54, 1.807) is 23.9 Å². The van der Waals surface area contributed by atoms with Crippen LogP contribution in [0.5, 0.6) is 5.75 Å². The van der Waals surface area contributed by atoms with Crippen LogP contribution in [-0.2, 0) is 0 Å². The number of halogens is 1. The third kappa shape index (κ3) is 3.37. The molecule has 3 rings (SSSR count). The Labute approximate surface area is 150 Å². The van der Waals surface area contributed by atoms with Gasteiger partial charge in [-0.15, -0.1) is 0 Å². The minimum atomic E-state index is -0.499. The second-order valence-electron chi connectivity index (χ2n) is 6.48. The minimum Gasteiger partial charge on any atom is -0.494 e. The van der Waals surface area contributed by atoms with E-state index in [1.165, 1.54) is 25.3 Å². The zero-order valence-corrected chi connectivity index (χ0v) is 15.0. The summed E-state index contributed by atoms with van der Waals surface area (Å²) in [7, 11) is 4.91. The number of carbonyl (C=O) groups excluding carboxylic acids is 1.